The molecule has 0 radical (unpaired) electrons. The van der Waals surface area contributed by atoms with Gasteiger partial charge < -0.3 is 9.32 Å². The highest BCUT2D eigenvalue weighted by molar-refractivity contribution is 9.10. The fourth-order valence-corrected chi connectivity index (χ4v) is 2.00. The van der Waals surface area contributed by atoms with Gasteiger partial charge >= 0.3 is 0 Å². The van der Waals surface area contributed by atoms with Crippen molar-refractivity contribution in [1.82, 2.24) is 4.90 Å². The summed E-state index contributed by atoms with van der Waals surface area (Å²) >= 11 is 3.47. The Bertz CT molecular complexity index is 447. The van der Waals surface area contributed by atoms with E-state index < -0.39 is 0 Å². The summed E-state index contributed by atoms with van der Waals surface area (Å²) in [7, 11) is 4.10. The molecule has 1 aromatic heterocycles. The zero-order chi connectivity index (χ0) is 10.1. The first kappa shape index (κ1) is 9.74. The van der Waals surface area contributed by atoms with Crippen molar-refractivity contribution >= 4 is 26.9 Å². The molecule has 1 heterocycles. The van der Waals surface area contributed by atoms with Crippen molar-refractivity contribution < 1.29 is 4.42 Å². The lowest BCUT2D eigenvalue weighted by molar-refractivity contribution is 0.401. The van der Waals surface area contributed by atoms with Gasteiger partial charge in [-0.15, -0.1) is 0 Å². The largest absolute Gasteiger partial charge is 0.463 e. The molecule has 3 heteroatoms. The van der Waals surface area contributed by atoms with E-state index in [9.17, 15) is 0 Å². The predicted molar refractivity (Wildman–Crippen MR) is 61.3 cm³/mol. The van der Waals surface area contributed by atoms with Crippen LogP contribution in [0.3, 0.4) is 0 Å². The lowest BCUT2D eigenvalue weighted by atomic mass is 10.2. The molecule has 0 N–H and O–H groups in total. The minimum absolute atomic E-state index is 0.906. The Morgan fingerprint density at radius 3 is 2.86 bits per heavy atom. The van der Waals surface area contributed by atoms with Crippen molar-refractivity contribution in [2.24, 2.45) is 0 Å². The van der Waals surface area contributed by atoms with Gasteiger partial charge in [-0.1, -0.05) is 12.1 Å². The second kappa shape index (κ2) is 3.75. The van der Waals surface area contributed by atoms with Gasteiger partial charge in [-0.25, -0.2) is 0 Å². The lowest BCUT2D eigenvalue weighted by Gasteiger charge is -2.06. The molecule has 0 saturated carbocycles. The first-order valence-electron chi connectivity index (χ1n) is 4.48. The van der Waals surface area contributed by atoms with E-state index >= 15 is 0 Å². The molecule has 74 valence electrons. The number of hydrogen-bond donors (Lipinski definition) is 0. The summed E-state index contributed by atoms with van der Waals surface area (Å²) < 4.78 is 6.52. The molecular formula is C11H12BrNO. The second-order valence-electron chi connectivity index (χ2n) is 3.62. The highest BCUT2D eigenvalue weighted by atomic mass is 79.9. The van der Waals surface area contributed by atoms with Crippen LogP contribution in [0, 0.1) is 0 Å². The minimum atomic E-state index is 0.906. The molecule has 0 bridgehead atoms. The minimum Gasteiger partial charge on any atom is -0.463 e. The summed E-state index contributed by atoms with van der Waals surface area (Å²) in [5.41, 5.74) is 2.16. The van der Waals surface area contributed by atoms with E-state index in [1.165, 1.54) is 10.9 Å². The third kappa shape index (κ3) is 1.70. The SMILES string of the molecule is CN(C)Cc1coc2c(Br)cccc12. The van der Waals surface area contributed by atoms with Crippen molar-refractivity contribution in [2.45, 2.75) is 6.54 Å². The monoisotopic (exact) mass is 253 g/mol. The number of rotatable bonds is 2. The molecule has 0 aliphatic heterocycles. The molecular weight excluding hydrogens is 242 g/mol. The molecule has 2 rings (SSSR count). The Labute approximate surface area is 91.6 Å². The smallest absolute Gasteiger partial charge is 0.148 e. The van der Waals surface area contributed by atoms with Gasteiger partial charge in [-0.3, -0.25) is 0 Å². The molecule has 0 spiro atoms. The van der Waals surface area contributed by atoms with Crippen LogP contribution in [0.1, 0.15) is 5.56 Å². The summed E-state index contributed by atoms with van der Waals surface area (Å²) in [5, 5.41) is 1.19. The normalized spacial score (nSPS) is 11.4. The number of fused-ring (bicyclic) bond motifs is 1. The lowest BCUT2D eigenvalue weighted by Crippen LogP contribution is -2.09. The summed E-state index contributed by atoms with van der Waals surface area (Å²) in [6, 6.07) is 6.11. The maximum Gasteiger partial charge on any atom is 0.148 e. The van der Waals surface area contributed by atoms with E-state index in [0.717, 1.165) is 16.6 Å². The number of benzene rings is 1. The number of para-hydroxylation sites is 1. The molecule has 0 aliphatic carbocycles. The van der Waals surface area contributed by atoms with E-state index in [1.807, 2.05) is 18.4 Å². The van der Waals surface area contributed by atoms with Crippen LogP contribution in [0.5, 0.6) is 0 Å². The van der Waals surface area contributed by atoms with Gasteiger partial charge in [0, 0.05) is 17.5 Å². The molecule has 2 aromatic rings. The van der Waals surface area contributed by atoms with Crippen molar-refractivity contribution in [3.8, 4) is 0 Å². The number of furan rings is 1. The maximum absolute atomic E-state index is 5.51. The van der Waals surface area contributed by atoms with Crippen molar-refractivity contribution in [1.29, 1.82) is 0 Å². The highest BCUT2D eigenvalue weighted by Gasteiger charge is 2.08. The van der Waals surface area contributed by atoms with Crippen LogP contribution in [0.25, 0.3) is 11.0 Å². The van der Waals surface area contributed by atoms with Crippen LogP contribution in [0.2, 0.25) is 0 Å². The number of nitrogens with zero attached hydrogens (tertiary/aromatic N) is 1. The Morgan fingerprint density at radius 2 is 2.14 bits per heavy atom. The fourth-order valence-electron chi connectivity index (χ4n) is 1.54. The van der Waals surface area contributed by atoms with E-state index in [2.05, 4.69) is 41.0 Å². The molecule has 0 saturated heterocycles. The predicted octanol–water partition coefficient (Wildman–Crippen LogP) is 3.26. The van der Waals surface area contributed by atoms with Crippen LogP contribution in [-0.2, 0) is 6.54 Å². The standard InChI is InChI=1S/C11H12BrNO/c1-13(2)6-8-7-14-11-9(8)4-3-5-10(11)12/h3-5,7H,6H2,1-2H3. The Hall–Kier alpha value is -0.800. The van der Waals surface area contributed by atoms with Gasteiger partial charge in [0.25, 0.3) is 0 Å². The van der Waals surface area contributed by atoms with E-state index in [1.54, 1.807) is 0 Å². The Balaban J connectivity index is 2.52. The van der Waals surface area contributed by atoms with Gasteiger partial charge in [0.15, 0.2) is 0 Å². The molecule has 0 atom stereocenters. The second-order valence-corrected chi connectivity index (χ2v) is 4.47. The van der Waals surface area contributed by atoms with Gasteiger partial charge in [-0.05, 0) is 36.1 Å². The summed E-state index contributed by atoms with van der Waals surface area (Å²) in [4.78, 5) is 2.13. The van der Waals surface area contributed by atoms with E-state index in [0.29, 0.717) is 0 Å². The zero-order valence-electron chi connectivity index (χ0n) is 8.25. The molecule has 0 aliphatic rings. The van der Waals surface area contributed by atoms with Crippen LogP contribution in [0.4, 0.5) is 0 Å². The first-order valence-corrected chi connectivity index (χ1v) is 5.27. The maximum atomic E-state index is 5.51. The molecule has 1 aromatic carbocycles. The Kier molecular flexibility index (Phi) is 2.61. The highest BCUT2D eigenvalue weighted by Crippen LogP contribution is 2.28. The third-order valence-corrected chi connectivity index (χ3v) is 2.74. The molecule has 0 amide bonds. The quantitative estimate of drug-likeness (QED) is 0.817. The van der Waals surface area contributed by atoms with Crippen molar-refractivity contribution in [3.05, 3.63) is 34.5 Å². The van der Waals surface area contributed by atoms with Gasteiger partial charge in [0.2, 0.25) is 0 Å². The van der Waals surface area contributed by atoms with Crippen LogP contribution in [0.15, 0.2) is 33.4 Å². The van der Waals surface area contributed by atoms with Gasteiger partial charge in [0.1, 0.15) is 5.58 Å². The average molecular weight is 254 g/mol. The molecule has 14 heavy (non-hydrogen) atoms. The van der Waals surface area contributed by atoms with E-state index in [-0.39, 0.29) is 0 Å². The summed E-state index contributed by atoms with van der Waals surface area (Å²) in [6.07, 6.45) is 1.83. The Morgan fingerprint density at radius 1 is 1.36 bits per heavy atom. The van der Waals surface area contributed by atoms with Gasteiger partial charge in [-0.2, -0.15) is 0 Å². The zero-order valence-corrected chi connectivity index (χ0v) is 9.84. The molecule has 2 nitrogen and oxygen atoms in total. The van der Waals surface area contributed by atoms with Crippen LogP contribution >= 0.6 is 15.9 Å². The molecule has 0 unspecified atom stereocenters. The van der Waals surface area contributed by atoms with Gasteiger partial charge in [0.05, 0.1) is 10.7 Å². The fraction of sp³-hybridized carbons (Fsp3) is 0.273. The number of halogens is 1. The first-order chi connectivity index (χ1) is 6.68. The van der Waals surface area contributed by atoms with Crippen LogP contribution in [-0.4, -0.2) is 19.0 Å². The van der Waals surface area contributed by atoms with E-state index in [4.69, 9.17) is 4.42 Å². The molecule has 0 fully saturated rings. The average Bonchev–Trinajstić information content (AvgIpc) is 2.49. The summed E-state index contributed by atoms with van der Waals surface area (Å²) in [6.45, 7) is 0.906. The summed E-state index contributed by atoms with van der Waals surface area (Å²) in [5.74, 6) is 0. The van der Waals surface area contributed by atoms with Crippen molar-refractivity contribution in [2.75, 3.05) is 14.1 Å². The third-order valence-electron chi connectivity index (χ3n) is 2.12. The number of hydrogen-bond acceptors (Lipinski definition) is 2. The van der Waals surface area contributed by atoms with Crippen LogP contribution < -0.4 is 0 Å². The van der Waals surface area contributed by atoms with Crippen molar-refractivity contribution in [3.63, 3.8) is 0 Å². The topological polar surface area (TPSA) is 16.4 Å².